The van der Waals surface area contributed by atoms with Crippen molar-refractivity contribution in [1.82, 2.24) is 21.0 Å². The Kier molecular flexibility index (Phi) is 12.4. The molecule has 5 amide bonds. The molecule has 2 heterocycles. The zero-order valence-corrected chi connectivity index (χ0v) is 28.8. The van der Waals surface area contributed by atoms with Crippen LogP contribution < -0.4 is 26.7 Å². The maximum absolute atomic E-state index is 14.6. The molecule has 1 saturated heterocycles. The molecule has 5 rings (SSSR count). The largest absolute Gasteiger partial charge is 0.384 e. The van der Waals surface area contributed by atoms with Crippen LogP contribution in [-0.2, 0) is 14.4 Å². The third kappa shape index (κ3) is 8.59. The van der Waals surface area contributed by atoms with Crippen molar-refractivity contribution in [3.8, 4) is 0 Å². The maximum atomic E-state index is 14.6. The van der Waals surface area contributed by atoms with E-state index in [1.54, 1.807) is 24.3 Å². The van der Waals surface area contributed by atoms with E-state index in [2.05, 4.69) is 26.7 Å². The topological polar surface area (TPSA) is 158 Å². The summed E-state index contributed by atoms with van der Waals surface area (Å²) in [6.45, 7) is 2.01. The number of carbonyl (C=O) groups is 5. The highest BCUT2D eigenvalue weighted by molar-refractivity contribution is 14.1. The molecule has 0 aromatic heterocycles. The Morgan fingerprint density at radius 2 is 1.68 bits per heavy atom. The quantitative estimate of drug-likeness (QED) is 0.0595. The Balaban J connectivity index is 0.971. The van der Waals surface area contributed by atoms with Gasteiger partial charge in [-0.25, -0.2) is 18.7 Å². The van der Waals surface area contributed by atoms with Crippen molar-refractivity contribution in [2.75, 3.05) is 36.9 Å². The maximum Gasteiger partial charge on any atom is 0.277 e. The molecule has 264 valence electrons. The molecule has 2 aliphatic heterocycles. The summed E-state index contributed by atoms with van der Waals surface area (Å²) in [5.74, 6) is -6.25. The summed E-state index contributed by atoms with van der Waals surface area (Å²) < 4.78 is 43.4. The Morgan fingerprint density at radius 3 is 2.46 bits per heavy atom. The smallest absolute Gasteiger partial charge is 0.277 e. The number of carbonyl (C=O) groups excluding carboxylic acids is 5. The summed E-state index contributed by atoms with van der Waals surface area (Å²) in [6, 6.07) is 9.93. The number of hydrogen-bond donors (Lipinski definition) is 5. The van der Waals surface area contributed by atoms with Gasteiger partial charge in [0.05, 0.1) is 34.7 Å². The minimum atomic E-state index is -1.33. The number of hydroxylamine groups is 1. The van der Waals surface area contributed by atoms with E-state index in [-0.39, 0.29) is 41.8 Å². The number of rotatable bonds is 16. The molecular weight excluding hydrogens is 772 g/mol. The van der Waals surface area contributed by atoms with Gasteiger partial charge in [-0.3, -0.25) is 39.0 Å². The van der Waals surface area contributed by atoms with Crippen LogP contribution in [0.1, 0.15) is 69.6 Å². The zero-order valence-electron chi connectivity index (χ0n) is 26.7. The van der Waals surface area contributed by atoms with Gasteiger partial charge in [0.2, 0.25) is 11.8 Å². The zero-order chi connectivity index (χ0) is 35.8. The van der Waals surface area contributed by atoms with Crippen molar-refractivity contribution in [2.45, 2.75) is 44.6 Å². The first-order valence-electron chi connectivity index (χ1n) is 16.0. The predicted octanol–water partition coefficient (Wildman–Crippen LogP) is 4.78. The average molecular weight is 807 g/mol. The van der Waals surface area contributed by atoms with E-state index in [4.69, 9.17) is 4.84 Å². The van der Waals surface area contributed by atoms with Crippen molar-refractivity contribution >= 4 is 69.2 Å². The summed E-state index contributed by atoms with van der Waals surface area (Å²) in [4.78, 5) is 68.8. The van der Waals surface area contributed by atoms with Gasteiger partial charge in [0.15, 0.2) is 11.6 Å². The fourth-order valence-corrected chi connectivity index (χ4v) is 6.04. The van der Waals surface area contributed by atoms with E-state index in [0.29, 0.717) is 28.8 Å². The molecule has 0 spiro atoms. The van der Waals surface area contributed by atoms with Crippen LogP contribution in [0.5, 0.6) is 0 Å². The molecule has 0 aliphatic carbocycles. The van der Waals surface area contributed by atoms with Crippen LogP contribution in [-0.4, -0.2) is 66.7 Å². The van der Waals surface area contributed by atoms with Crippen LogP contribution in [0.15, 0.2) is 48.5 Å². The Morgan fingerprint density at radius 1 is 0.900 bits per heavy atom. The van der Waals surface area contributed by atoms with E-state index in [0.717, 1.165) is 42.8 Å². The first kappa shape index (κ1) is 36.7. The van der Waals surface area contributed by atoms with Gasteiger partial charge in [-0.2, -0.15) is 0 Å². The summed E-state index contributed by atoms with van der Waals surface area (Å²) in [5, 5.41) is 11.1. The SMILES string of the molecule is O=C1CCC(N2C(=O)c3cccc(NCCCCCNCCCONC(=O)c4ccc(F)c(F)c4Nc4ccc(I)cc4F)c3C2=O)C(=O)N1. The number of unbranched alkanes of at least 4 members (excludes halogenated alkanes) is 2. The monoisotopic (exact) mass is 806 g/mol. The van der Waals surface area contributed by atoms with Gasteiger partial charge >= 0.3 is 0 Å². The third-order valence-electron chi connectivity index (χ3n) is 8.11. The van der Waals surface area contributed by atoms with E-state index in [1.807, 2.05) is 22.6 Å². The Labute approximate surface area is 299 Å². The van der Waals surface area contributed by atoms with E-state index < -0.39 is 58.7 Å². The van der Waals surface area contributed by atoms with Gasteiger partial charge in [0, 0.05) is 22.2 Å². The lowest BCUT2D eigenvalue weighted by atomic mass is 10.0. The predicted molar refractivity (Wildman–Crippen MR) is 185 cm³/mol. The Hall–Kier alpha value is -4.55. The highest BCUT2D eigenvalue weighted by Crippen LogP contribution is 2.33. The minimum absolute atomic E-state index is 0.0527. The first-order valence-corrected chi connectivity index (χ1v) is 17.1. The second-order valence-electron chi connectivity index (χ2n) is 11.6. The summed E-state index contributed by atoms with van der Waals surface area (Å²) in [5.41, 5.74) is 2.26. The molecule has 5 N–H and O–H groups in total. The number of anilines is 3. The molecule has 3 aromatic rings. The fraction of sp³-hybridized carbons (Fsp3) is 0.324. The fourth-order valence-electron chi connectivity index (χ4n) is 5.59. The highest BCUT2D eigenvalue weighted by Gasteiger charge is 2.45. The van der Waals surface area contributed by atoms with Crippen molar-refractivity contribution in [2.24, 2.45) is 0 Å². The standard InChI is InChI=1S/C34H34F3IN6O6/c35-22-10-9-21(30(29(22)37)41-24-11-8-19(38)18-23(24)36)31(46)43-50-17-5-15-39-14-2-1-3-16-40-25-7-4-6-20-28(25)34(49)44(33(20)48)26-12-13-27(45)42-32(26)47/h4,6-11,18,26,39-41H,1-3,5,12-17H2,(H,43,46)(H,42,45,47). The second-order valence-corrected chi connectivity index (χ2v) is 12.8. The van der Waals surface area contributed by atoms with Gasteiger partial charge in [0.25, 0.3) is 17.7 Å². The minimum Gasteiger partial charge on any atom is -0.384 e. The van der Waals surface area contributed by atoms with Crippen LogP contribution in [0.2, 0.25) is 0 Å². The van der Waals surface area contributed by atoms with Crippen LogP contribution >= 0.6 is 22.6 Å². The molecule has 12 nitrogen and oxygen atoms in total. The number of imide groups is 2. The first-order chi connectivity index (χ1) is 24.1. The van der Waals surface area contributed by atoms with Crippen LogP contribution in [0.4, 0.5) is 30.2 Å². The van der Waals surface area contributed by atoms with Crippen molar-refractivity contribution < 1.29 is 42.0 Å². The van der Waals surface area contributed by atoms with Gasteiger partial charge in [-0.15, -0.1) is 0 Å². The molecule has 1 unspecified atom stereocenters. The number of amides is 5. The number of piperidine rings is 1. The van der Waals surface area contributed by atoms with Crippen LogP contribution in [0.3, 0.4) is 0 Å². The van der Waals surface area contributed by atoms with Gasteiger partial charge < -0.3 is 16.0 Å². The number of hydrogen-bond acceptors (Lipinski definition) is 9. The lowest BCUT2D eigenvalue weighted by Crippen LogP contribution is -2.54. The molecule has 1 fully saturated rings. The van der Waals surface area contributed by atoms with E-state index in [1.165, 1.54) is 12.1 Å². The number of fused-ring (bicyclic) bond motifs is 1. The molecule has 16 heteroatoms. The molecular formula is C34H34F3IN6O6. The molecule has 3 aromatic carbocycles. The third-order valence-corrected chi connectivity index (χ3v) is 8.78. The Bertz CT molecular complexity index is 1810. The van der Waals surface area contributed by atoms with Gasteiger partial charge in [-0.1, -0.05) is 12.5 Å². The van der Waals surface area contributed by atoms with Crippen molar-refractivity contribution in [1.29, 1.82) is 0 Å². The lowest BCUT2D eigenvalue weighted by Gasteiger charge is -2.27. The van der Waals surface area contributed by atoms with Gasteiger partial charge in [-0.05, 0) is 104 Å². The lowest BCUT2D eigenvalue weighted by molar-refractivity contribution is -0.136. The molecule has 50 heavy (non-hydrogen) atoms. The van der Waals surface area contributed by atoms with E-state index >= 15 is 0 Å². The summed E-state index contributed by atoms with van der Waals surface area (Å²) in [6.07, 6.45) is 3.20. The number of benzene rings is 3. The van der Waals surface area contributed by atoms with Crippen LogP contribution in [0.25, 0.3) is 0 Å². The molecule has 0 bridgehead atoms. The van der Waals surface area contributed by atoms with E-state index in [9.17, 15) is 37.1 Å². The summed E-state index contributed by atoms with van der Waals surface area (Å²) >= 11 is 1.91. The molecule has 1 atom stereocenters. The number of nitrogens with zero attached hydrogens (tertiary/aromatic N) is 1. The second kappa shape index (κ2) is 16.9. The average Bonchev–Trinajstić information content (AvgIpc) is 3.34. The molecule has 0 radical (unpaired) electrons. The van der Waals surface area contributed by atoms with Crippen molar-refractivity contribution in [3.05, 3.63) is 86.2 Å². The van der Waals surface area contributed by atoms with Crippen molar-refractivity contribution in [3.63, 3.8) is 0 Å². The van der Waals surface area contributed by atoms with Crippen LogP contribution in [0, 0.1) is 21.0 Å². The number of nitrogens with one attached hydrogen (secondary N) is 5. The molecule has 2 aliphatic rings. The molecule has 0 saturated carbocycles. The number of halogens is 4. The van der Waals surface area contributed by atoms with Gasteiger partial charge in [0.1, 0.15) is 11.9 Å². The summed E-state index contributed by atoms with van der Waals surface area (Å²) in [7, 11) is 0. The highest BCUT2D eigenvalue weighted by atomic mass is 127. The normalized spacial score (nSPS) is 15.6.